The first-order valence-electron chi connectivity index (χ1n) is 11.1. The SMILES string of the molecule is Cc1cccc(NC(=O)c2ccc(N3CCCCC3)c(S(=O)(=O)N3CCCCC3)c2)n1. The molecular formula is C23H30N4O3S. The largest absolute Gasteiger partial charge is 0.370 e. The van der Waals surface area contributed by atoms with Crippen LogP contribution in [0.1, 0.15) is 54.6 Å². The number of piperidine rings is 2. The zero-order valence-electron chi connectivity index (χ0n) is 18.0. The topological polar surface area (TPSA) is 82.6 Å². The number of benzene rings is 1. The minimum atomic E-state index is -3.68. The van der Waals surface area contributed by atoms with Crippen LogP contribution in [0.4, 0.5) is 11.5 Å². The molecule has 0 spiro atoms. The lowest BCUT2D eigenvalue weighted by molar-refractivity contribution is 0.102. The standard InChI is InChI=1S/C23H30N4O3S/c1-18-9-8-10-22(24-18)25-23(28)19-11-12-20(26-13-4-2-5-14-26)21(17-19)31(29,30)27-15-6-3-7-16-27/h8-12,17H,2-7,13-16H2,1H3,(H,24,25,28). The maximum absolute atomic E-state index is 13.6. The van der Waals surface area contributed by atoms with Crippen molar-refractivity contribution in [2.24, 2.45) is 0 Å². The third-order valence-corrected chi connectivity index (χ3v) is 7.91. The van der Waals surface area contributed by atoms with Gasteiger partial charge in [0.1, 0.15) is 10.7 Å². The molecule has 2 aliphatic rings. The van der Waals surface area contributed by atoms with E-state index in [4.69, 9.17) is 0 Å². The van der Waals surface area contributed by atoms with Crippen LogP contribution in [0.25, 0.3) is 0 Å². The van der Waals surface area contributed by atoms with Crippen molar-refractivity contribution in [2.75, 3.05) is 36.4 Å². The summed E-state index contributed by atoms with van der Waals surface area (Å²) in [5, 5.41) is 2.78. The highest BCUT2D eigenvalue weighted by molar-refractivity contribution is 7.89. The molecule has 166 valence electrons. The number of hydrogen-bond acceptors (Lipinski definition) is 5. The number of pyridine rings is 1. The Morgan fingerprint density at radius 1 is 0.935 bits per heavy atom. The summed E-state index contributed by atoms with van der Waals surface area (Å²) >= 11 is 0. The van der Waals surface area contributed by atoms with E-state index in [0.717, 1.165) is 57.3 Å². The highest BCUT2D eigenvalue weighted by Crippen LogP contribution is 2.32. The number of amides is 1. The highest BCUT2D eigenvalue weighted by Gasteiger charge is 2.31. The van der Waals surface area contributed by atoms with Crippen molar-refractivity contribution in [1.29, 1.82) is 0 Å². The normalized spacial score (nSPS) is 18.0. The number of nitrogens with zero attached hydrogens (tertiary/aromatic N) is 3. The van der Waals surface area contributed by atoms with Crippen molar-refractivity contribution in [1.82, 2.24) is 9.29 Å². The Hall–Kier alpha value is -2.45. The number of hydrogen-bond donors (Lipinski definition) is 1. The van der Waals surface area contributed by atoms with E-state index >= 15 is 0 Å². The van der Waals surface area contributed by atoms with Gasteiger partial charge in [-0.3, -0.25) is 4.79 Å². The molecule has 4 rings (SSSR count). The molecule has 0 radical (unpaired) electrons. The van der Waals surface area contributed by atoms with Crippen LogP contribution in [0.5, 0.6) is 0 Å². The third-order valence-electron chi connectivity index (χ3n) is 5.98. The van der Waals surface area contributed by atoms with E-state index in [0.29, 0.717) is 30.2 Å². The maximum Gasteiger partial charge on any atom is 0.256 e. The highest BCUT2D eigenvalue weighted by atomic mass is 32.2. The lowest BCUT2D eigenvalue weighted by Crippen LogP contribution is -2.37. The van der Waals surface area contributed by atoms with Gasteiger partial charge in [0.15, 0.2) is 0 Å². The summed E-state index contributed by atoms with van der Waals surface area (Å²) in [5.41, 5.74) is 1.82. The zero-order valence-corrected chi connectivity index (χ0v) is 18.8. The number of carbonyl (C=O) groups excluding carboxylic acids is 1. The lowest BCUT2D eigenvalue weighted by atomic mass is 10.1. The molecule has 1 aromatic carbocycles. The molecule has 0 atom stereocenters. The third kappa shape index (κ3) is 4.91. The summed E-state index contributed by atoms with van der Waals surface area (Å²) in [6.45, 7) is 4.59. The second-order valence-corrected chi connectivity index (χ2v) is 10.2. The average Bonchev–Trinajstić information content (AvgIpc) is 2.80. The molecule has 31 heavy (non-hydrogen) atoms. The summed E-state index contributed by atoms with van der Waals surface area (Å²) in [6, 6.07) is 10.4. The van der Waals surface area contributed by atoms with E-state index in [2.05, 4.69) is 15.2 Å². The van der Waals surface area contributed by atoms with Crippen molar-refractivity contribution < 1.29 is 13.2 Å². The quantitative estimate of drug-likeness (QED) is 0.761. The first-order valence-corrected chi connectivity index (χ1v) is 12.5. The van der Waals surface area contributed by atoms with Crippen LogP contribution in [0.15, 0.2) is 41.3 Å². The van der Waals surface area contributed by atoms with Gasteiger partial charge in [0.2, 0.25) is 10.0 Å². The fourth-order valence-electron chi connectivity index (χ4n) is 4.30. The molecule has 0 unspecified atom stereocenters. The molecule has 2 aliphatic heterocycles. The van der Waals surface area contributed by atoms with Crippen molar-refractivity contribution in [2.45, 2.75) is 50.3 Å². The number of aryl methyl sites for hydroxylation is 1. The Kier molecular flexibility index (Phi) is 6.57. The van der Waals surface area contributed by atoms with E-state index in [1.165, 1.54) is 0 Å². The van der Waals surface area contributed by atoms with Gasteiger partial charge in [0, 0.05) is 37.4 Å². The fourth-order valence-corrected chi connectivity index (χ4v) is 6.06. The average molecular weight is 443 g/mol. The zero-order chi connectivity index (χ0) is 21.8. The summed E-state index contributed by atoms with van der Waals surface area (Å²) in [6.07, 6.45) is 6.05. The van der Waals surface area contributed by atoms with Crippen molar-refractivity contribution >= 4 is 27.4 Å². The van der Waals surface area contributed by atoms with Crippen LogP contribution >= 0.6 is 0 Å². The molecular weight excluding hydrogens is 412 g/mol. The van der Waals surface area contributed by atoms with Crippen molar-refractivity contribution in [3.05, 3.63) is 47.7 Å². The van der Waals surface area contributed by atoms with Crippen LogP contribution in [-0.4, -0.2) is 49.8 Å². The van der Waals surface area contributed by atoms with Gasteiger partial charge in [0.25, 0.3) is 5.91 Å². The Balaban J connectivity index is 1.69. The number of rotatable bonds is 5. The van der Waals surface area contributed by atoms with Crippen LogP contribution in [-0.2, 0) is 10.0 Å². The van der Waals surface area contributed by atoms with Gasteiger partial charge >= 0.3 is 0 Å². The second-order valence-electron chi connectivity index (χ2n) is 8.31. The van der Waals surface area contributed by atoms with Gasteiger partial charge < -0.3 is 10.2 Å². The molecule has 2 fully saturated rings. The molecule has 1 aromatic heterocycles. The van der Waals surface area contributed by atoms with Gasteiger partial charge in [-0.2, -0.15) is 4.31 Å². The molecule has 0 aliphatic carbocycles. The van der Waals surface area contributed by atoms with Crippen molar-refractivity contribution in [3.63, 3.8) is 0 Å². The predicted octanol–water partition coefficient (Wildman–Crippen LogP) is 3.81. The maximum atomic E-state index is 13.6. The van der Waals surface area contributed by atoms with E-state index in [1.54, 1.807) is 28.6 Å². The van der Waals surface area contributed by atoms with Crippen molar-refractivity contribution in [3.8, 4) is 0 Å². The molecule has 0 bridgehead atoms. The number of aromatic nitrogens is 1. The predicted molar refractivity (Wildman–Crippen MR) is 122 cm³/mol. The molecule has 7 nitrogen and oxygen atoms in total. The molecule has 1 N–H and O–H groups in total. The molecule has 3 heterocycles. The smallest absolute Gasteiger partial charge is 0.256 e. The van der Waals surface area contributed by atoms with E-state index in [-0.39, 0.29) is 10.8 Å². The molecule has 1 amide bonds. The minimum absolute atomic E-state index is 0.237. The lowest BCUT2D eigenvalue weighted by Gasteiger charge is -2.33. The van der Waals surface area contributed by atoms with Gasteiger partial charge in [-0.25, -0.2) is 13.4 Å². The van der Waals surface area contributed by atoms with Gasteiger partial charge in [-0.1, -0.05) is 12.5 Å². The van der Waals surface area contributed by atoms with Gasteiger partial charge in [0.05, 0.1) is 5.69 Å². The number of sulfonamides is 1. The molecule has 8 heteroatoms. The number of anilines is 2. The summed E-state index contributed by atoms with van der Waals surface area (Å²) in [5.74, 6) is 0.0870. The minimum Gasteiger partial charge on any atom is -0.370 e. The monoisotopic (exact) mass is 442 g/mol. The Morgan fingerprint density at radius 3 is 2.29 bits per heavy atom. The molecule has 0 saturated carbocycles. The van der Waals surface area contributed by atoms with E-state index in [1.807, 2.05) is 19.1 Å². The fraction of sp³-hybridized carbons (Fsp3) is 0.478. The Bertz CT molecular complexity index is 1040. The Morgan fingerprint density at radius 2 is 1.61 bits per heavy atom. The molecule has 2 aromatic rings. The number of carbonyl (C=O) groups is 1. The van der Waals surface area contributed by atoms with E-state index < -0.39 is 10.0 Å². The van der Waals surface area contributed by atoms with E-state index in [9.17, 15) is 13.2 Å². The van der Waals surface area contributed by atoms with Gasteiger partial charge in [-0.15, -0.1) is 0 Å². The first kappa shape index (κ1) is 21.8. The number of nitrogens with one attached hydrogen (secondary N) is 1. The summed E-state index contributed by atoms with van der Waals surface area (Å²) in [4.78, 5) is 19.6. The molecule has 2 saturated heterocycles. The second kappa shape index (κ2) is 9.36. The van der Waals surface area contributed by atoms with Crippen LogP contribution in [0, 0.1) is 6.92 Å². The first-order chi connectivity index (χ1) is 14.9. The Labute approximate surface area is 184 Å². The summed E-state index contributed by atoms with van der Waals surface area (Å²) in [7, 11) is -3.68. The van der Waals surface area contributed by atoms with Crippen LogP contribution in [0.2, 0.25) is 0 Å². The van der Waals surface area contributed by atoms with Gasteiger partial charge in [-0.05, 0) is 69.4 Å². The summed E-state index contributed by atoms with van der Waals surface area (Å²) < 4.78 is 28.7. The van der Waals surface area contributed by atoms with Crippen LogP contribution < -0.4 is 10.2 Å². The van der Waals surface area contributed by atoms with Crippen LogP contribution in [0.3, 0.4) is 0 Å².